The van der Waals surface area contributed by atoms with Crippen LogP contribution in [-0.4, -0.2) is 17.6 Å². The summed E-state index contributed by atoms with van der Waals surface area (Å²) >= 11 is 0. The lowest BCUT2D eigenvalue weighted by Gasteiger charge is -2.30. The highest BCUT2D eigenvalue weighted by molar-refractivity contribution is 5.98. The topological polar surface area (TPSA) is 42.1 Å². The van der Waals surface area contributed by atoms with Gasteiger partial charge in [-0.05, 0) is 43.0 Å². The van der Waals surface area contributed by atoms with E-state index in [2.05, 4.69) is 35.9 Å². The summed E-state index contributed by atoms with van der Waals surface area (Å²) in [5.74, 6) is 0.666. The Hall–Kier alpha value is -1.77. The lowest BCUT2D eigenvalue weighted by Crippen LogP contribution is -2.33. The van der Waals surface area contributed by atoms with E-state index >= 15 is 0 Å². The Kier molecular flexibility index (Phi) is 3.05. The van der Waals surface area contributed by atoms with E-state index in [1.807, 2.05) is 18.3 Å². The van der Waals surface area contributed by atoms with Crippen LogP contribution < -0.4 is 10.6 Å². The highest BCUT2D eigenvalue weighted by atomic mass is 15.2. The molecule has 100 valence electrons. The van der Waals surface area contributed by atoms with Crippen LogP contribution in [0.3, 0.4) is 0 Å². The molecule has 3 heteroatoms. The maximum atomic E-state index is 6.06. The number of nitrogens with zero attached hydrogens (tertiary/aromatic N) is 2. The van der Waals surface area contributed by atoms with Crippen LogP contribution in [0.25, 0.3) is 10.9 Å². The van der Waals surface area contributed by atoms with Crippen LogP contribution in [0.15, 0.2) is 30.5 Å². The number of pyridine rings is 1. The molecule has 0 bridgehead atoms. The maximum absolute atomic E-state index is 6.06. The van der Waals surface area contributed by atoms with Gasteiger partial charge < -0.3 is 10.6 Å². The molecule has 1 aromatic carbocycles. The first-order chi connectivity index (χ1) is 9.18. The van der Waals surface area contributed by atoms with Gasteiger partial charge in [0.25, 0.3) is 0 Å². The number of hydrogen-bond acceptors (Lipinski definition) is 3. The molecule has 1 aromatic heterocycles. The fourth-order valence-electron chi connectivity index (χ4n) is 3.20. The molecule has 2 heterocycles. The summed E-state index contributed by atoms with van der Waals surface area (Å²) in [6, 6.07) is 8.77. The minimum Gasteiger partial charge on any atom is -0.398 e. The van der Waals surface area contributed by atoms with E-state index in [1.54, 1.807) is 0 Å². The standard InChI is InChI=1S/C16H21N3/c1-11(2)14-6-4-10-19(14)15-8-7-13(17)12-5-3-9-18-16(12)15/h3,5,7-9,11,14H,4,6,10,17H2,1-2H3. The summed E-state index contributed by atoms with van der Waals surface area (Å²) in [5.41, 5.74) is 9.15. The van der Waals surface area contributed by atoms with Gasteiger partial charge in [-0.15, -0.1) is 0 Å². The predicted molar refractivity (Wildman–Crippen MR) is 81.4 cm³/mol. The van der Waals surface area contributed by atoms with Crippen molar-refractivity contribution in [2.45, 2.75) is 32.7 Å². The Morgan fingerprint density at radius 1 is 1.32 bits per heavy atom. The van der Waals surface area contributed by atoms with E-state index in [1.165, 1.54) is 18.5 Å². The Bertz CT molecular complexity index is 592. The quantitative estimate of drug-likeness (QED) is 0.836. The van der Waals surface area contributed by atoms with E-state index in [0.717, 1.165) is 23.1 Å². The molecular weight excluding hydrogens is 234 g/mol. The van der Waals surface area contributed by atoms with E-state index in [0.29, 0.717) is 12.0 Å². The molecule has 1 saturated heterocycles. The summed E-state index contributed by atoms with van der Waals surface area (Å²) < 4.78 is 0. The van der Waals surface area contributed by atoms with Gasteiger partial charge in [-0.3, -0.25) is 4.98 Å². The smallest absolute Gasteiger partial charge is 0.0956 e. The molecule has 1 aliphatic rings. The molecule has 1 fully saturated rings. The number of hydrogen-bond donors (Lipinski definition) is 1. The minimum atomic E-state index is 0.619. The summed E-state index contributed by atoms with van der Waals surface area (Å²) in [5, 5.41) is 1.06. The van der Waals surface area contributed by atoms with Gasteiger partial charge in [0, 0.05) is 29.9 Å². The third-order valence-corrected chi connectivity index (χ3v) is 4.16. The predicted octanol–water partition coefficient (Wildman–Crippen LogP) is 3.44. The first-order valence-corrected chi connectivity index (χ1v) is 7.08. The van der Waals surface area contributed by atoms with Crippen molar-refractivity contribution in [3.63, 3.8) is 0 Å². The molecule has 3 nitrogen and oxygen atoms in total. The van der Waals surface area contributed by atoms with Crippen LogP contribution in [0.2, 0.25) is 0 Å². The van der Waals surface area contributed by atoms with Gasteiger partial charge in [-0.25, -0.2) is 0 Å². The Morgan fingerprint density at radius 3 is 2.95 bits per heavy atom. The van der Waals surface area contributed by atoms with Gasteiger partial charge in [0.2, 0.25) is 0 Å². The lowest BCUT2D eigenvalue weighted by molar-refractivity contribution is 0.492. The summed E-state index contributed by atoms with van der Waals surface area (Å²) in [6.45, 7) is 5.73. The van der Waals surface area contributed by atoms with Gasteiger partial charge in [0.1, 0.15) is 0 Å². The fraction of sp³-hybridized carbons (Fsp3) is 0.438. The number of aromatic nitrogens is 1. The number of anilines is 2. The molecule has 0 amide bonds. The Morgan fingerprint density at radius 2 is 2.16 bits per heavy atom. The average molecular weight is 255 g/mol. The summed E-state index contributed by atoms with van der Waals surface area (Å²) in [7, 11) is 0. The van der Waals surface area contributed by atoms with Crippen molar-refractivity contribution in [2.24, 2.45) is 5.92 Å². The molecule has 1 aliphatic heterocycles. The maximum Gasteiger partial charge on any atom is 0.0956 e. The number of nitrogens with two attached hydrogens (primary N) is 1. The third kappa shape index (κ3) is 2.03. The summed E-state index contributed by atoms with van der Waals surface area (Å²) in [6.07, 6.45) is 4.39. The average Bonchev–Trinajstić information content (AvgIpc) is 2.89. The van der Waals surface area contributed by atoms with Crippen LogP contribution in [0.5, 0.6) is 0 Å². The van der Waals surface area contributed by atoms with Crippen LogP contribution in [0.1, 0.15) is 26.7 Å². The van der Waals surface area contributed by atoms with E-state index in [4.69, 9.17) is 5.73 Å². The van der Waals surface area contributed by atoms with E-state index in [-0.39, 0.29) is 0 Å². The second-order valence-corrected chi connectivity index (χ2v) is 5.72. The molecular formula is C16H21N3. The molecule has 0 aliphatic carbocycles. The second kappa shape index (κ2) is 4.72. The van der Waals surface area contributed by atoms with Crippen LogP contribution in [-0.2, 0) is 0 Å². The van der Waals surface area contributed by atoms with Crippen LogP contribution in [0.4, 0.5) is 11.4 Å². The van der Waals surface area contributed by atoms with Crippen molar-refractivity contribution in [2.75, 3.05) is 17.2 Å². The molecule has 2 N–H and O–H groups in total. The van der Waals surface area contributed by atoms with E-state index in [9.17, 15) is 0 Å². The van der Waals surface area contributed by atoms with Gasteiger partial charge in [0.05, 0.1) is 11.2 Å². The van der Waals surface area contributed by atoms with Gasteiger partial charge >= 0.3 is 0 Å². The first kappa shape index (κ1) is 12.3. The molecule has 19 heavy (non-hydrogen) atoms. The summed E-state index contributed by atoms with van der Waals surface area (Å²) in [4.78, 5) is 7.07. The zero-order chi connectivity index (χ0) is 13.4. The number of nitrogen functional groups attached to an aromatic ring is 1. The van der Waals surface area contributed by atoms with Crippen LogP contribution >= 0.6 is 0 Å². The van der Waals surface area contributed by atoms with Crippen LogP contribution in [0, 0.1) is 5.92 Å². The molecule has 2 aromatic rings. The fourth-order valence-corrected chi connectivity index (χ4v) is 3.20. The van der Waals surface area contributed by atoms with Crippen molar-refractivity contribution in [1.82, 2.24) is 4.98 Å². The highest BCUT2D eigenvalue weighted by Gasteiger charge is 2.28. The largest absolute Gasteiger partial charge is 0.398 e. The second-order valence-electron chi connectivity index (χ2n) is 5.72. The number of rotatable bonds is 2. The molecule has 3 rings (SSSR count). The monoisotopic (exact) mass is 255 g/mol. The van der Waals surface area contributed by atoms with Crippen molar-refractivity contribution in [1.29, 1.82) is 0 Å². The normalized spacial score (nSPS) is 19.5. The molecule has 0 spiro atoms. The molecule has 0 saturated carbocycles. The first-order valence-electron chi connectivity index (χ1n) is 7.08. The van der Waals surface area contributed by atoms with Crippen molar-refractivity contribution < 1.29 is 0 Å². The van der Waals surface area contributed by atoms with Gasteiger partial charge in [0.15, 0.2) is 0 Å². The zero-order valence-electron chi connectivity index (χ0n) is 11.6. The molecule has 1 unspecified atom stereocenters. The SMILES string of the molecule is CC(C)C1CCCN1c1ccc(N)c2cccnc12. The van der Waals surface area contributed by atoms with Crippen molar-refractivity contribution >= 4 is 22.3 Å². The zero-order valence-corrected chi connectivity index (χ0v) is 11.6. The Balaban J connectivity index is 2.13. The third-order valence-electron chi connectivity index (χ3n) is 4.16. The highest BCUT2D eigenvalue weighted by Crippen LogP contribution is 2.35. The number of fused-ring (bicyclic) bond motifs is 1. The van der Waals surface area contributed by atoms with Gasteiger partial charge in [-0.1, -0.05) is 13.8 Å². The number of benzene rings is 1. The van der Waals surface area contributed by atoms with Crippen molar-refractivity contribution in [3.05, 3.63) is 30.5 Å². The molecule has 1 atom stereocenters. The van der Waals surface area contributed by atoms with Crippen molar-refractivity contribution in [3.8, 4) is 0 Å². The Labute approximate surface area is 114 Å². The van der Waals surface area contributed by atoms with Gasteiger partial charge in [-0.2, -0.15) is 0 Å². The lowest BCUT2D eigenvalue weighted by atomic mass is 10.0. The van der Waals surface area contributed by atoms with E-state index < -0.39 is 0 Å². The minimum absolute atomic E-state index is 0.619. The molecule has 0 radical (unpaired) electrons.